The molecule has 0 aliphatic rings. The van der Waals surface area contributed by atoms with E-state index >= 15 is 0 Å². The minimum Gasteiger partial charge on any atom is -0.480 e. The molecule has 0 aliphatic heterocycles. The van der Waals surface area contributed by atoms with E-state index in [0.717, 1.165) is 17.3 Å². The minimum absolute atomic E-state index is 0.0614. The first-order chi connectivity index (χ1) is 9.90. The standard InChI is InChI=1S/C15H19NO4S/c1-10(9-21-11(2)17)14(18)16-13(15(19)20)8-12-6-4-3-5-7-12/h3-7,10,13H,8-9H2,1-2H3,(H,16,18)(H,19,20)/t10?,13-/m0/s1. The van der Waals surface area contributed by atoms with Gasteiger partial charge in [-0.2, -0.15) is 0 Å². The summed E-state index contributed by atoms with van der Waals surface area (Å²) in [6, 6.07) is 8.15. The van der Waals surface area contributed by atoms with Gasteiger partial charge in [0, 0.05) is 25.0 Å². The first-order valence-electron chi connectivity index (χ1n) is 6.60. The van der Waals surface area contributed by atoms with Gasteiger partial charge in [-0.05, 0) is 5.56 Å². The normalized spacial score (nSPS) is 13.2. The van der Waals surface area contributed by atoms with Gasteiger partial charge in [0.25, 0.3) is 0 Å². The molecule has 21 heavy (non-hydrogen) atoms. The Morgan fingerprint density at radius 3 is 2.38 bits per heavy atom. The molecule has 0 aliphatic carbocycles. The van der Waals surface area contributed by atoms with Gasteiger partial charge in [-0.15, -0.1) is 0 Å². The van der Waals surface area contributed by atoms with E-state index in [-0.39, 0.29) is 17.4 Å². The molecular formula is C15H19NO4S. The Morgan fingerprint density at radius 2 is 1.86 bits per heavy atom. The van der Waals surface area contributed by atoms with Crippen molar-refractivity contribution >= 4 is 28.8 Å². The van der Waals surface area contributed by atoms with Crippen molar-refractivity contribution in [2.45, 2.75) is 26.3 Å². The lowest BCUT2D eigenvalue weighted by atomic mass is 10.1. The Bertz CT molecular complexity index is 504. The number of hydrogen-bond acceptors (Lipinski definition) is 4. The van der Waals surface area contributed by atoms with E-state index in [4.69, 9.17) is 0 Å². The number of nitrogens with one attached hydrogen (secondary N) is 1. The maximum Gasteiger partial charge on any atom is 0.326 e. The molecule has 0 fully saturated rings. The number of carboxylic acid groups (broad SMARTS) is 1. The number of carbonyl (C=O) groups is 3. The van der Waals surface area contributed by atoms with E-state index in [0.29, 0.717) is 5.75 Å². The van der Waals surface area contributed by atoms with Crippen LogP contribution in [-0.4, -0.2) is 33.9 Å². The van der Waals surface area contributed by atoms with Gasteiger partial charge in [0.1, 0.15) is 6.04 Å². The average molecular weight is 309 g/mol. The molecule has 5 nitrogen and oxygen atoms in total. The fraction of sp³-hybridized carbons (Fsp3) is 0.400. The van der Waals surface area contributed by atoms with Crippen LogP contribution < -0.4 is 5.32 Å². The van der Waals surface area contributed by atoms with Crippen molar-refractivity contribution in [1.82, 2.24) is 5.32 Å². The summed E-state index contributed by atoms with van der Waals surface area (Å²) in [6.45, 7) is 3.11. The molecule has 6 heteroatoms. The van der Waals surface area contributed by atoms with E-state index < -0.39 is 17.9 Å². The largest absolute Gasteiger partial charge is 0.480 e. The van der Waals surface area contributed by atoms with Gasteiger partial charge < -0.3 is 10.4 Å². The van der Waals surface area contributed by atoms with Crippen LogP contribution in [0.15, 0.2) is 30.3 Å². The molecule has 2 N–H and O–H groups in total. The van der Waals surface area contributed by atoms with Gasteiger partial charge in [-0.25, -0.2) is 4.79 Å². The Labute approximate surface area is 128 Å². The van der Waals surface area contributed by atoms with Gasteiger partial charge in [0.05, 0.1) is 0 Å². The minimum atomic E-state index is -1.07. The Morgan fingerprint density at radius 1 is 1.24 bits per heavy atom. The second kappa shape index (κ2) is 8.46. The predicted octanol–water partition coefficient (Wildman–Crippen LogP) is 1.71. The quantitative estimate of drug-likeness (QED) is 0.801. The highest BCUT2D eigenvalue weighted by molar-refractivity contribution is 8.13. The summed E-state index contributed by atoms with van der Waals surface area (Å²) in [5.74, 6) is -1.50. The topological polar surface area (TPSA) is 83.5 Å². The molecule has 1 rings (SSSR count). The van der Waals surface area contributed by atoms with Gasteiger partial charge in [0.15, 0.2) is 5.12 Å². The number of aliphatic carboxylic acids is 1. The number of thioether (sulfide) groups is 1. The van der Waals surface area contributed by atoms with E-state index in [1.807, 2.05) is 30.3 Å². The fourth-order valence-electron chi connectivity index (χ4n) is 1.68. The van der Waals surface area contributed by atoms with Crippen LogP contribution in [0.4, 0.5) is 0 Å². The van der Waals surface area contributed by atoms with Crippen molar-refractivity contribution in [3.63, 3.8) is 0 Å². The maximum atomic E-state index is 12.0. The molecule has 0 saturated carbocycles. The van der Waals surface area contributed by atoms with Gasteiger partial charge in [0.2, 0.25) is 5.91 Å². The Kier molecular flexibility index (Phi) is 6.94. The first-order valence-corrected chi connectivity index (χ1v) is 7.59. The molecule has 1 aromatic carbocycles. The highest BCUT2D eigenvalue weighted by Gasteiger charge is 2.23. The number of carboxylic acids is 1. The highest BCUT2D eigenvalue weighted by Crippen LogP contribution is 2.10. The van der Waals surface area contributed by atoms with Crippen LogP contribution in [0.25, 0.3) is 0 Å². The van der Waals surface area contributed by atoms with Crippen LogP contribution in [0.3, 0.4) is 0 Å². The van der Waals surface area contributed by atoms with Crippen LogP contribution in [-0.2, 0) is 20.8 Å². The molecule has 2 atom stereocenters. The third kappa shape index (κ3) is 6.44. The van der Waals surface area contributed by atoms with Crippen LogP contribution in [0, 0.1) is 5.92 Å². The molecule has 1 unspecified atom stereocenters. The maximum absolute atomic E-state index is 12.0. The zero-order chi connectivity index (χ0) is 15.8. The van der Waals surface area contributed by atoms with Crippen LogP contribution >= 0.6 is 11.8 Å². The highest BCUT2D eigenvalue weighted by atomic mass is 32.2. The van der Waals surface area contributed by atoms with Crippen molar-refractivity contribution in [2.75, 3.05) is 5.75 Å². The van der Waals surface area contributed by atoms with Gasteiger partial charge >= 0.3 is 5.97 Å². The molecule has 0 saturated heterocycles. The second-order valence-corrected chi connectivity index (χ2v) is 5.99. The van der Waals surface area contributed by atoms with Crippen molar-refractivity contribution in [3.05, 3.63) is 35.9 Å². The van der Waals surface area contributed by atoms with Gasteiger partial charge in [-0.1, -0.05) is 49.0 Å². The molecule has 114 valence electrons. The molecule has 1 aromatic rings. The van der Waals surface area contributed by atoms with Crippen LogP contribution in [0.5, 0.6) is 0 Å². The summed E-state index contributed by atoms with van der Waals surface area (Å²) in [5, 5.41) is 11.7. The SMILES string of the molecule is CC(=O)SCC(C)C(=O)N[C@@H](Cc1ccccc1)C(=O)O. The van der Waals surface area contributed by atoms with E-state index in [1.165, 1.54) is 6.92 Å². The summed E-state index contributed by atoms with van der Waals surface area (Å²) in [7, 11) is 0. The van der Waals surface area contributed by atoms with E-state index in [1.54, 1.807) is 6.92 Å². The Hall–Kier alpha value is -1.82. The van der Waals surface area contributed by atoms with Gasteiger partial charge in [-0.3, -0.25) is 9.59 Å². The van der Waals surface area contributed by atoms with Crippen LogP contribution in [0.2, 0.25) is 0 Å². The van der Waals surface area contributed by atoms with Crippen molar-refractivity contribution < 1.29 is 19.5 Å². The predicted molar refractivity (Wildman–Crippen MR) is 82.0 cm³/mol. The third-order valence-corrected chi connectivity index (χ3v) is 3.95. The number of benzene rings is 1. The zero-order valence-corrected chi connectivity index (χ0v) is 12.9. The van der Waals surface area contributed by atoms with Crippen molar-refractivity contribution in [2.24, 2.45) is 5.92 Å². The molecule has 0 radical (unpaired) electrons. The summed E-state index contributed by atoms with van der Waals surface area (Å²) in [6.07, 6.45) is 0.231. The molecular weight excluding hydrogens is 290 g/mol. The lowest BCUT2D eigenvalue weighted by Crippen LogP contribution is -2.44. The first kappa shape index (κ1) is 17.2. The van der Waals surface area contributed by atoms with E-state index in [9.17, 15) is 19.5 Å². The number of hydrogen-bond donors (Lipinski definition) is 2. The summed E-state index contributed by atoms with van der Waals surface area (Å²) in [5.41, 5.74) is 0.843. The summed E-state index contributed by atoms with van der Waals surface area (Å²) >= 11 is 1.06. The number of carbonyl (C=O) groups excluding carboxylic acids is 2. The summed E-state index contributed by atoms with van der Waals surface area (Å²) in [4.78, 5) is 34.1. The lowest BCUT2D eigenvalue weighted by Gasteiger charge is -2.17. The average Bonchev–Trinajstić information content (AvgIpc) is 2.44. The van der Waals surface area contributed by atoms with Crippen molar-refractivity contribution in [3.8, 4) is 0 Å². The zero-order valence-electron chi connectivity index (χ0n) is 12.0. The fourth-order valence-corrected chi connectivity index (χ4v) is 2.32. The lowest BCUT2D eigenvalue weighted by molar-refractivity contribution is -0.142. The number of amides is 1. The van der Waals surface area contributed by atoms with Crippen LogP contribution in [0.1, 0.15) is 19.4 Å². The molecule has 0 aromatic heterocycles. The second-order valence-electron chi connectivity index (χ2n) is 4.79. The van der Waals surface area contributed by atoms with E-state index in [2.05, 4.69) is 5.32 Å². The third-order valence-electron chi connectivity index (χ3n) is 2.88. The number of rotatable bonds is 7. The molecule has 0 bridgehead atoms. The smallest absolute Gasteiger partial charge is 0.326 e. The molecule has 0 spiro atoms. The molecule has 1 amide bonds. The van der Waals surface area contributed by atoms with Crippen molar-refractivity contribution in [1.29, 1.82) is 0 Å². The Balaban J connectivity index is 2.60. The molecule has 0 heterocycles. The summed E-state index contributed by atoms with van der Waals surface area (Å²) < 4.78 is 0. The monoisotopic (exact) mass is 309 g/mol.